The van der Waals surface area contributed by atoms with Gasteiger partial charge in [-0.15, -0.1) is 0 Å². The molecule has 41 heavy (non-hydrogen) atoms. The fourth-order valence-corrected chi connectivity index (χ4v) is 5.55. The molecule has 1 saturated heterocycles. The van der Waals surface area contributed by atoms with E-state index >= 15 is 0 Å². The largest absolute Gasteiger partial charge is 0.490 e. The van der Waals surface area contributed by atoms with Crippen LogP contribution < -0.4 is 0 Å². The lowest BCUT2D eigenvalue weighted by Crippen LogP contribution is -2.50. The Kier molecular flexibility index (Phi) is 9.60. The number of carboxylic acids is 1. The molecule has 0 spiro atoms. The van der Waals surface area contributed by atoms with Crippen molar-refractivity contribution in [3.05, 3.63) is 108 Å². The molecule has 0 aromatic heterocycles. The first kappa shape index (κ1) is 30.0. The SMILES string of the molecule is CC1=NC(c2ccccc2)(c2ccccc2)C(=O)N1C1CCN(CCCc2ccccc2)CC1.O=C(O)C(F)(F)F. The molecule has 2 heterocycles. The minimum absolute atomic E-state index is 0.0879. The Morgan fingerprint density at radius 1 is 0.902 bits per heavy atom. The predicted molar refractivity (Wildman–Crippen MR) is 152 cm³/mol. The molecule has 216 valence electrons. The van der Waals surface area contributed by atoms with Crippen molar-refractivity contribution in [2.45, 2.75) is 50.4 Å². The minimum Gasteiger partial charge on any atom is -0.475 e. The number of nitrogens with zero attached hydrogens (tertiary/aromatic N) is 3. The van der Waals surface area contributed by atoms with E-state index in [-0.39, 0.29) is 11.9 Å². The zero-order valence-corrected chi connectivity index (χ0v) is 22.9. The number of aliphatic imine (C=N–C) groups is 1. The van der Waals surface area contributed by atoms with Crippen molar-refractivity contribution >= 4 is 17.7 Å². The summed E-state index contributed by atoms with van der Waals surface area (Å²) in [6.45, 7) is 5.17. The molecule has 3 aromatic rings. The summed E-state index contributed by atoms with van der Waals surface area (Å²) in [7, 11) is 0. The van der Waals surface area contributed by atoms with Crippen LogP contribution in [0.1, 0.15) is 42.9 Å². The van der Waals surface area contributed by atoms with Crippen LogP contribution >= 0.6 is 0 Å². The van der Waals surface area contributed by atoms with Gasteiger partial charge in [0.2, 0.25) is 0 Å². The Bertz CT molecular complexity index is 1280. The summed E-state index contributed by atoms with van der Waals surface area (Å²) < 4.78 is 31.7. The van der Waals surface area contributed by atoms with Gasteiger partial charge in [0, 0.05) is 19.1 Å². The molecule has 6 nitrogen and oxygen atoms in total. The van der Waals surface area contributed by atoms with E-state index < -0.39 is 17.7 Å². The number of carbonyl (C=O) groups is 2. The molecule has 0 saturated carbocycles. The fourth-order valence-electron chi connectivity index (χ4n) is 5.55. The third-order valence-electron chi connectivity index (χ3n) is 7.54. The standard InChI is InChI=1S/C30H33N3O.C2HF3O2/c1-24-31-30(26-15-7-3-8-16-26,27-17-9-4-10-18-27)29(34)33(24)28-19-22-32(23-20-28)21-11-14-25-12-5-2-6-13-25;3-2(4,5)1(6)7/h2-10,12-13,15-18,28H,11,14,19-23H2,1H3;(H,6,7). The molecule has 2 aliphatic heterocycles. The van der Waals surface area contributed by atoms with Gasteiger partial charge in [0.15, 0.2) is 5.54 Å². The first-order valence-corrected chi connectivity index (χ1v) is 13.7. The van der Waals surface area contributed by atoms with Crippen molar-refractivity contribution in [2.75, 3.05) is 19.6 Å². The molecule has 5 rings (SSSR count). The zero-order chi connectivity index (χ0) is 29.5. The maximum absolute atomic E-state index is 14.1. The number of likely N-dealkylation sites (tertiary alicyclic amines) is 1. The van der Waals surface area contributed by atoms with Gasteiger partial charge < -0.3 is 10.0 Å². The highest BCUT2D eigenvalue weighted by molar-refractivity contribution is 6.10. The molecule has 2 aliphatic rings. The summed E-state index contributed by atoms with van der Waals surface area (Å²) in [6, 6.07) is 31.0. The molecule has 1 fully saturated rings. The summed E-state index contributed by atoms with van der Waals surface area (Å²) in [5.74, 6) is -1.84. The minimum atomic E-state index is -5.08. The Hall–Kier alpha value is -3.98. The highest BCUT2D eigenvalue weighted by atomic mass is 19.4. The summed E-state index contributed by atoms with van der Waals surface area (Å²) in [5, 5.41) is 7.12. The van der Waals surface area contributed by atoms with Crippen LogP contribution in [0.25, 0.3) is 0 Å². The fraction of sp³-hybridized carbons (Fsp3) is 0.344. The monoisotopic (exact) mass is 565 g/mol. The molecule has 1 amide bonds. The van der Waals surface area contributed by atoms with Gasteiger partial charge in [0.05, 0.1) is 0 Å². The first-order chi connectivity index (χ1) is 19.6. The molecule has 9 heteroatoms. The van der Waals surface area contributed by atoms with E-state index in [0.717, 1.165) is 55.9 Å². The molecule has 1 N–H and O–H groups in total. The van der Waals surface area contributed by atoms with Crippen LogP contribution in [-0.4, -0.2) is 64.5 Å². The van der Waals surface area contributed by atoms with Crippen molar-refractivity contribution in [2.24, 2.45) is 4.99 Å². The van der Waals surface area contributed by atoms with Crippen LogP contribution in [0.4, 0.5) is 13.2 Å². The maximum atomic E-state index is 14.1. The lowest BCUT2D eigenvalue weighted by atomic mass is 9.82. The first-order valence-electron chi connectivity index (χ1n) is 13.7. The van der Waals surface area contributed by atoms with Crippen LogP contribution in [0, 0.1) is 0 Å². The van der Waals surface area contributed by atoms with Crippen LogP contribution in [0.5, 0.6) is 0 Å². The van der Waals surface area contributed by atoms with Crippen molar-refractivity contribution < 1.29 is 27.9 Å². The Morgan fingerprint density at radius 3 is 1.83 bits per heavy atom. The van der Waals surface area contributed by atoms with Crippen LogP contribution in [0.3, 0.4) is 0 Å². The number of piperidine rings is 1. The Balaban J connectivity index is 0.000000493. The smallest absolute Gasteiger partial charge is 0.475 e. The molecule has 0 aliphatic carbocycles. The number of hydrogen-bond donors (Lipinski definition) is 1. The van der Waals surface area contributed by atoms with E-state index in [0.29, 0.717) is 0 Å². The Morgan fingerprint density at radius 2 is 1.37 bits per heavy atom. The van der Waals surface area contributed by atoms with Gasteiger partial charge in [0.1, 0.15) is 5.84 Å². The quantitative estimate of drug-likeness (QED) is 0.386. The summed E-state index contributed by atoms with van der Waals surface area (Å²) in [4.78, 5) is 32.7. The maximum Gasteiger partial charge on any atom is 0.490 e. The van der Waals surface area contributed by atoms with Gasteiger partial charge in [-0.25, -0.2) is 9.79 Å². The average Bonchev–Trinajstić information content (AvgIpc) is 3.25. The number of alkyl halides is 3. The van der Waals surface area contributed by atoms with Gasteiger partial charge in [-0.05, 0) is 55.8 Å². The summed E-state index contributed by atoms with van der Waals surface area (Å²) in [5.41, 5.74) is 2.29. The number of benzene rings is 3. The second-order valence-corrected chi connectivity index (χ2v) is 10.2. The third kappa shape index (κ3) is 7.03. The van der Waals surface area contributed by atoms with E-state index in [4.69, 9.17) is 14.9 Å². The van der Waals surface area contributed by atoms with Gasteiger partial charge >= 0.3 is 12.1 Å². The number of halogens is 3. The number of aryl methyl sites for hydroxylation is 1. The van der Waals surface area contributed by atoms with E-state index in [2.05, 4.69) is 35.2 Å². The number of carbonyl (C=O) groups excluding carboxylic acids is 1. The summed E-state index contributed by atoms with van der Waals surface area (Å²) >= 11 is 0. The molecule has 0 atom stereocenters. The summed E-state index contributed by atoms with van der Waals surface area (Å²) in [6.07, 6.45) is -0.816. The second kappa shape index (κ2) is 13.1. The van der Waals surface area contributed by atoms with Crippen LogP contribution in [0.15, 0.2) is 96.0 Å². The lowest BCUT2D eigenvalue weighted by molar-refractivity contribution is -0.192. The van der Waals surface area contributed by atoms with Crippen molar-refractivity contribution in [1.29, 1.82) is 0 Å². The normalized spacial score (nSPS) is 17.5. The van der Waals surface area contributed by atoms with E-state index in [1.54, 1.807) is 0 Å². The molecular formula is C32H34F3N3O3. The number of hydrogen-bond acceptors (Lipinski definition) is 4. The molecule has 0 unspecified atom stereocenters. The molecule has 3 aromatic carbocycles. The number of aliphatic carboxylic acids is 1. The topological polar surface area (TPSA) is 73.2 Å². The van der Waals surface area contributed by atoms with Crippen molar-refractivity contribution in [1.82, 2.24) is 9.80 Å². The number of rotatable bonds is 7. The van der Waals surface area contributed by atoms with Gasteiger partial charge in [-0.2, -0.15) is 13.2 Å². The highest BCUT2D eigenvalue weighted by Crippen LogP contribution is 2.41. The van der Waals surface area contributed by atoms with Crippen LogP contribution in [0.2, 0.25) is 0 Å². The van der Waals surface area contributed by atoms with Gasteiger partial charge in [-0.1, -0.05) is 91.0 Å². The van der Waals surface area contributed by atoms with E-state index in [1.165, 1.54) is 12.0 Å². The van der Waals surface area contributed by atoms with Gasteiger partial charge in [-0.3, -0.25) is 9.69 Å². The highest BCUT2D eigenvalue weighted by Gasteiger charge is 2.51. The van der Waals surface area contributed by atoms with E-state index in [1.807, 2.05) is 72.5 Å². The second-order valence-electron chi connectivity index (χ2n) is 10.2. The zero-order valence-electron chi connectivity index (χ0n) is 22.9. The van der Waals surface area contributed by atoms with E-state index in [9.17, 15) is 18.0 Å². The molecule has 0 radical (unpaired) electrons. The third-order valence-corrected chi connectivity index (χ3v) is 7.54. The van der Waals surface area contributed by atoms with Crippen molar-refractivity contribution in [3.63, 3.8) is 0 Å². The van der Waals surface area contributed by atoms with Crippen LogP contribution in [-0.2, 0) is 21.5 Å². The Labute approximate surface area is 238 Å². The van der Waals surface area contributed by atoms with Crippen molar-refractivity contribution in [3.8, 4) is 0 Å². The molecule has 0 bridgehead atoms. The number of carboxylic acid groups (broad SMARTS) is 1. The number of amides is 1. The molecular weight excluding hydrogens is 531 g/mol. The number of amidine groups is 1. The average molecular weight is 566 g/mol. The van der Waals surface area contributed by atoms with Gasteiger partial charge in [0.25, 0.3) is 5.91 Å². The predicted octanol–water partition coefficient (Wildman–Crippen LogP) is 5.92. The lowest BCUT2D eigenvalue weighted by Gasteiger charge is -2.38.